The SMILES string of the molecule is C#Cc1ccc(C(C(=O)NCCCCC)N(CCCCCC)C(=O)C(CCSC)NC(=O)OC(C)(C)C)cc1. The first kappa shape index (κ1) is 34.4. The minimum Gasteiger partial charge on any atom is -0.444 e. The summed E-state index contributed by atoms with van der Waals surface area (Å²) in [6.07, 6.45) is 14.0. The van der Waals surface area contributed by atoms with E-state index in [1.165, 1.54) is 0 Å². The zero-order valence-electron chi connectivity index (χ0n) is 24.8. The predicted molar refractivity (Wildman–Crippen MR) is 162 cm³/mol. The summed E-state index contributed by atoms with van der Waals surface area (Å²) >= 11 is 1.59. The highest BCUT2D eigenvalue weighted by molar-refractivity contribution is 7.98. The largest absolute Gasteiger partial charge is 0.444 e. The summed E-state index contributed by atoms with van der Waals surface area (Å²) in [5.41, 5.74) is 0.689. The number of nitrogens with zero attached hydrogens (tertiary/aromatic N) is 1. The Morgan fingerprint density at radius 3 is 2.23 bits per heavy atom. The Balaban J connectivity index is 3.43. The smallest absolute Gasteiger partial charge is 0.408 e. The number of alkyl carbamates (subject to hydrolysis) is 1. The quantitative estimate of drug-likeness (QED) is 0.179. The molecule has 0 fully saturated rings. The van der Waals surface area contributed by atoms with Crippen molar-refractivity contribution in [1.82, 2.24) is 15.5 Å². The Morgan fingerprint density at radius 2 is 1.67 bits per heavy atom. The van der Waals surface area contributed by atoms with Gasteiger partial charge in [-0.2, -0.15) is 11.8 Å². The molecular weight excluding hydrogens is 510 g/mol. The number of unbranched alkanes of at least 4 members (excludes halogenated alkanes) is 5. The van der Waals surface area contributed by atoms with Gasteiger partial charge in [-0.3, -0.25) is 9.59 Å². The van der Waals surface area contributed by atoms with Crippen molar-refractivity contribution in [1.29, 1.82) is 0 Å². The van der Waals surface area contributed by atoms with Crippen LogP contribution in [-0.4, -0.2) is 59.5 Å². The number of amides is 3. The number of carbonyl (C=O) groups excluding carboxylic acids is 3. The Labute approximate surface area is 240 Å². The van der Waals surface area contributed by atoms with E-state index < -0.39 is 23.8 Å². The van der Waals surface area contributed by atoms with E-state index in [1.807, 2.05) is 18.4 Å². The summed E-state index contributed by atoms with van der Waals surface area (Å²) in [6, 6.07) is 5.54. The Hall–Kier alpha value is -2.66. The average Bonchev–Trinajstić information content (AvgIpc) is 2.89. The Morgan fingerprint density at radius 1 is 1.03 bits per heavy atom. The van der Waals surface area contributed by atoms with Crippen LogP contribution >= 0.6 is 11.8 Å². The molecule has 1 aromatic rings. The summed E-state index contributed by atoms with van der Waals surface area (Å²) in [6.45, 7) is 10.5. The Kier molecular flexibility index (Phi) is 16.4. The number of rotatable bonds is 17. The predicted octanol–water partition coefficient (Wildman–Crippen LogP) is 6.07. The van der Waals surface area contributed by atoms with Crippen molar-refractivity contribution in [3.05, 3.63) is 35.4 Å². The number of ether oxygens (including phenoxy) is 1. The first-order valence-corrected chi connectivity index (χ1v) is 15.6. The number of carbonyl (C=O) groups is 3. The zero-order chi connectivity index (χ0) is 29.3. The molecule has 8 heteroatoms. The van der Waals surface area contributed by atoms with E-state index in [-0.39, 0.29) is 11.8 Å². The third-order valence-corrected chi connectivity index (χ3v) is 6.81. The third kappa shape index (κ3) is 13.3. The molecule has 0 saturated heterocycles. The molecule has 0 spiro atoms. The van der Waals surface area contributed by atoms with Crippen LogP contribution in [0.15, 0.2) is 24.3 Å². The fourth-order valence-corrected chi connectivity index (χ4v) is 4.61. The van der Waals surface area contributed by atoms with E-state index in [9.17, 15) is 14.4 Å². The van der Waals surface area contributed by atoms with Crippen molar-refractivity contribution >= 4 is 29.7 Å². The Bertz CT molecular complexity index is 921. The van der Waals surface area contributed by atoms with E-state index in [4.69, 9.17) is 11.2 Å². The number of thioether (sulfide) groups is 1. The van der Waals surface area contributed by atoms with Gasteiger partial charge < -0.3 is 20.3 Å². The topological polar surface area (TPSA) is 87.7 Å². The van der Waals surface area contributed by atoms with Gasteiger partial charge >= 0.3 is 6.09 Å². The molecule has 1 aromatic carbocycles. The monoisotopic (exact) mass is 559 g/mol. The van der Waals surface area contributed by atoms with Crippen LogP contribution in [0.2, 0.25) is 0 Å². The van der Waals surface area contributed by atoms with Crippen LogP contribution in [-0.2, 0) is 14.3 Å². The third-order valence-electron chi connectivity index (χ3n) is 6.17. The van der Waals surface area contributed by atoms with Crippen molar-refractivity contribution in [3.8, 4) is 12.3 Å². The van der Waals surface area contributed by atoms with Crippen LogP contribution in [0, 0.1) is 12.3 Å². The highest BCUT2D eigenvalue weighted by atomic mass is 32.2. The number of hydrogen-bond donors (Lipinski definition) is 2. The van der Waals surface area contributed by atoms with Crippen LogP contribution in [0.5, 0.6) is 0 Å². The van der Waals surface area contributed by atoms with Crippen molar-refractivity contribution < 1.29 is 19.1 Å². The lowest BCUT2D eigenvalue weighted by molar-refractivity contribution is -0.142. The van der Waals surface area contributed by atoms with E-state index in [0.29, 0.717) is 36.4 Å². The molecule has 0 aliphatic rings. The molecule has 2 unspecified atom stereocenters. The molecule has 2 N–H and O–H groups in total. The molecule has 218 valence electrons. The highest BCUT2D eigenvalue weighted by Crippen LogP contribution is 2.25. The second-order valence-corrected chi connectivity index (χ2v) is 11.7. The minimum absolute atomic E-state index is 0.232. The fourth-order valence-electron chi connectivity index (χ4n) is 4.14. The van der Waals surface area contributed by atoms with E-state index in [2.05, 4.69) is 30.4 Å². The molecule has 0 aliphatic heterocycles. The van der Waals surface area contributed by atoms with Gasteiger partial charge in [0.05, 0.1) is 0 Å². The maximum atomic E-state index is 14.2. The maximum Gasteiger partial charge on any atom is 0.408 e. The molecule has 7 nitrogen and oxygen atoms in total. The number of terminal acetylenes is 1. The van der Waals surface area contributed by atoms with Gasteiger partial charge in [0.25, 0.3) is 0 Å². The molecule has 0 aromatic heterocycles. The van der Waals surface area contributed by atoms with Gasteiger partial charge in [-0.1, -0.05) is 64.0 Å². The fraction of sp³-hybridized carbons (Fsp3) is 0.645. The molecule has 0 bridgehead atoms. The second-order valence-electron chi connectivity index (χ2n) is 10.7. The highest BCUT2D eigenvalue weighted by Gasteiger charge is 2.35. The number of hydrogen-bond acceptors (Lipinski definition) is 5. The lowest BCUT2D eigenvalue weighted by Gasteiger charge is -2.34. The zero-order valence-corrected chi connectivity index (χ0v) is 25.6. The molecule has 0 heterocycles. The van der Waals surface area contributed by atoms with E-state index in [0.717, 1.165) is 44.9 Å². The molecule has 39 heavy (non-hydrogen) atoms. The first-order valence-electron chi connectivity index (χ1n) is 14.2. The number of benzene rings is 1. The average molecular weight is 560 g/mol. The summed E-state index contributed by atoms with van der Waals surface area (Å²) in [4.78, 5) is 42.2. The van der Waals surface area contributed by atoms with E-state index >= 15 is 0 Å². The molecule has 1 rings (SSSR count). The van der Waals surface area contributed by atoms with Gasteiger partial charge in [-0.05, 0) is 69.7 Å². The normalized spacial score (nSPS) is 12.6. The van der Waals surface area contributed by atoms with Crippen molar-refractivity contribution in [2.75, 3.05) is 25.1 Å². The van der Waals surface area contributed by atoms with Crippen LogP contribution < -0.4 is 10.6 Å². The van der Waals surface area contributed by atoms with Gasteiger partial charge in [0.1, 0.15) is 17.7 Å². The van der Waals surface area contributed by atoms with Crippen LogP contribution in [0.4, 0.5) is 4.79 Å². The summed E-state index contributed by atoms with van der Waals surface area (Å²) in [5, 5.41) is 5.84. The molecule has 0 radical (unpaired) electrons. The van der Waals surface area contributed by atoms with Gasteiger partial charge in [-0.15, -0.1) is 6.42 Å². The first-order chi connectivity index (χ1) is 18.6. The lowest BCUT2D eigenvalue weighted by Crippen LogP contribution is -2.53. The standard InChI is InChI=1S/C31H49N3O4S/c1-8-11-13-15-22-34(29(36)26(20-23-39-7)33-30(37)38-31(4,5)6)27(28(35)32-21-14-12-9-2)25-18-16-24(10-3)17-19-25/h3,16-19,26-27H,8-9,11-15,20-23H2,1-2,4-7H3,(H,32,35)(H,33,37). The molecule has 0 aliphatic carbocycles. The van der Waals surface area contributed by atoms with Gasteiger partial charge in [0, 0.05) is 18.7 Å². The summed E-state index contributed by atoms with van der Waals surface area (Å²) < 4.78 is 5.46. The maximum absolute atomic E-state index is 14.2. The lowest BCUT2D eigenvalue weighted by atomic mass is 10.00. The molecule has 3 amide bonds. The molecule has 0 saturated carbocycles. The van der Waals surface area contributed by atoms with Crippen LogP contribution in [0.25, 0.3) is 0 Å². The summed E-state index contributed by atoms with van der Waals surface area (Å²) in [5.74, 6) is 2.75. The van der Waals surface area contributed by atoms with Gasteiger partial charge in [0.15, 0.2) is 0 Å². The minimum atomic E-state index is -0.843. The van der Waals surface area contributed by atoms with Crippen LogP contribution in [0.3, 0.4) is 0 Å². The van der Waals surface area contributed by atoms with Crippen molar-refractivity contribution in [2.24, 2.45) is 0 Å². The van der Waals surface area contributed by atoms with E-state index in [1.54, 1.807) is 49.6 Å². The molecule has 2 atom stereocenters. The van der Waals surface area contributed by atoms with Gasteiger partial charge in [0.2, 0.25) is 11.8 Å². The number of nitrogens with one attached hydrogen (secondary N) is 2. The molecular formula is C31H49N3O4S. The van der Waals surface area contributed by atoms with Crippen molar-refractivity contribution in [2.45, 2.75) is 104 Å². The summed E-state index contributed by atoms with van der Waals surface area (Å²) in [7, 11) is 0. The van der Waals surface area contributed by atoms with Gasteiger partial charge in [-0.25, -0.2) is 4.79 Å². The second kappa shape index (κ2) is 18.6. The van der Waals surface area contributed by atoms with Crippen molar-refractivity contribution in [3.63, 3.8) is 0 Å². The van der Waals surface area contributed by atoms with Crippen LogP contribution in [0.1, 0.15) is 103 Å².